The molecule has 0 spiro atoms. The van der Waals surface area contributed by atoms with Gasteiger partial charge in [0.2, 0.25) is 0 Å². The van der Waals surface area contributed by atoms with Crippen LogP contribution in [0.1, 0.15) is 0 Å². The number of rotatable bonds is 7. The normalized spacial score (nSPS) is 11.3. The van der Waals surface area contributed by atoms with Gasteiger partial charge in [-0.05, 0) is 100 Å². The van der Waals surface area contributed by atoms with Crippen molar-refractivity contribution in [2.45, 2.75) is 0 Å². The molecule has 0 atom stereocenters. The smallest absolute Gasteiger partial charge is 0.160 e. The zero-order valence-corrected chi connectivity index (χ0v) is 29.8. The van der Waals surface area contributed by atoms with Crippen LogP contribution in [0.15, 0.2) is 201 Å². The summed E-state index contributed by atoms with van der Waals surface area (Å²) < 4.78 is 2.40. The summed E-state index contributed by atoms with van der Waals surface area (Å²) >= 11 is 0. The van der Waals surface area contributed by atoms with E-state index in [9.17, 15) is 0 Å². The molecule has 0 aliphatic carbocycles. The maximum Gasteiger partial charge on any atom is 0.160 e. The van der Waals surface area contributed by atoms with Crippen molar-refractivity contribution in [3.05, 3.63) is 201 Å². The first-order valence-corrected chi connectivity index (χ1v) is 18.4. The lowest BCUT2D eigenvalue weighted by atomic mass is 9.95. The third-order valence-electron chi connectivity index (χ3n) is 10.2. The van der Waals surface area contributed by atoms with E-state index in [4.69, 9.17) is 9.97 Å². The van der Waals surface area contributed by atoms with E-state index in [1.807, 2.05) is 24.3 Å². The minimum absolute atomic E-state index is 0.650. The molecule has 5 nitrogen and oxygen atoms in total. The predicted octanol–water partition coefficient (Wildman–Crippen LogP) is 12.4. The SMILES string of the molecule is c1ccc(-c2cccc(-c3cc(-c4ccc(-c5cc(-c6ccncc6)nc(-c6ccncc6)n5)cc4)cc(-n4c5ccccc5c5ccccc54)c3)c2)cc1. The molecule has 55 heavy (non-hydrogen) atoms. The van der Waals surface area contributed by atoms with Crippen molar-refractivity contribution in [2.75, 3.05) is 0 Å². The Bertz CT molecular complexity index is 2840. The van der Waals surface area contributed by atoms with E-state index in [2.05, 4.69) is 166 Å². The molecule has 4 aromatic heterocycles. The molecule has 5 heteroatoms. The van der Waals surface area contributed by atoms with Gasteiger partial charge in [-0.25, -0.2) is 9.97 Å². The second-order valence-electron chi connectivity index (χ2n) is 13.6. The molecule has 0 unspecified atom stereocenters. The Kier molecular flexibility index (Phi) is 8.08. The average Bonchev–Trinajstić information content (AvgIpc) is 3.61. The molecule has 0 aliphatic heterocycles. The highest BCUT2D eigenvalue weighted by atomic mass is 15.0. The average molecular weight is 704 g/mol. The molecule has 4 heterocycles. The number of benzene rings is 6. The Balaban J connectivity index is 1.12. The molecule has 0 fully saturated rings. The second-order valence-corrected chi connectivity index (χ2v) is 13.6. The third-order valence-corrected chi connectivity index (χ3v) is 10.2. The largest absolute Gasteiger partial charge is 0.309 e. The van der Waals surface area contributed by atoms with Gasteiger partial charge in [0.15, 0.2) is 5.82 Å². The third kappa shape index (κ3) is 6.14. The number of pyridine rings is 2. The van der Waals surface area contributed by atoms with Gasteiger partial charge in [0, 0.05) is 57.9 Å². The summed E-state index contributed by atoms with van der Waals surface area (Å²) in [6.45, 7) is 0. The van der Waals surface area contributed by atoms with Crippen LogP contribution in [0.5, 0.6) is 0 Å². The van der Waals surface area contributed by atoms with E-state index in [1.54, 1.807) is 24.8 Å². The van der Waals surface area contributed by atoms with Crippen LogP contribution in [0.3, 0.4) is 0 Å². The van der Waals surface area contributed by atoms with Crippen LogP contribution in [-0.2, 0) is 0 Å². The summed E-state index contributed by atoms with van der Waals surface area (Å²) in [5.74, 6) is 0.650. The zero-order valence-electron chi connectivity index (χ0n) is 29.8. The highest BCUT2D eigenvalue weighted by molar-refractivity contribution is 6.09. The van der Waals surface area contributed by atoms with Crippen molar-refractivity contribution >= 4 is 21.8 Å². The first-order valence-electron chi connectivity index (χ1n) is 18.4. The van der Waals surface area contributed by atoms with Gasteiger partial charge in [0.05, 0.1) is 22.4 Å². The lowest BCUT2D eigenvalue weighted by molar-refractivity contribution is 1.17. The maximum atomic E-state index is 5.04. The van der Waals surface area contributed by atoms with E-state index in [0.29, 0.717) is 5.82 Å². The predicted molar refractivity (Wildman–Crippen MR) is 225 cm³/mol. The summed E-state index contributed by atoms with van der Waals surface area (Å²) in [6, 6.07) is 62.3. The molecule has 0 saturated heterocycles. The van der Waals surface area contributed by atoms with Crippen molar-refractivity contribution in [1.29, 1.82) is 0 Å². The lowest BCUT2D eigenvalue weighted by Gasteiger charge is -2.15. The first-order chi connectivity index (χ1) is 27.2. The van der Waals surface area contributed by atoms with E-state index >= 15 is 0 Å². The van der Waals surface area contributed by atoms with Gasteiger partial charge < -0.3 is 4.57 Å². The van der Waals surface area contributed by atoms with Crippen molar-refractivity contribution in [1.82, 2.24) is 24.5 Å². The molecule has 0 saturated carbocycles. The van der Waals surface area contributed by atoms with Crippen molar-refractivity contribution in [3.63, 3.8) is 0 Å². The monoisotopic (exact) mass is 703 g/mol. The van der Waals surface area contributed by atoms with Crippen molar-refractivity contribution < 1.29 is 0 Å². The van der Waals surface area contributed by atoms with Gasteiger partial charge >= 0.3 is 0 Å². The van der Waals surface area contributed by atoms with Crippen molar-refractivity contribution in [2.24, 2.45) is 0 Å². The summed E-state index contributed by atoms with van der Waals surface area (Å²) in [7, 11) is 0. The fourth-order valence-electron chi connectivity index (χ4n) is 7.51. The molecular weight excluding hydrogens is 671 g/mol. The molecule has 10 rings (SSSR count). The topological polar surface area (TPSA) is 56.5 Å². The van der Waals surface area contributed by atoms with Crippen LogP contribution in [0.25, 0.3) is 94.8 Å². The zero-order chi connectivity index (χ0) is 36.6. The van der Waals surface area contributed by atoms with Gasteiger partial charge in [-0.2, -0.15) is 0 Å². The number of aromatic nitrogens is 5. The molecule has 0 bridgehead atoms. The summed E-state index contributed by atoms with van der Waals surface area (Å²) in [6.07, 6.45) is 7.12. The Morgan fingerprint density at radius 1 is 0.309 bits per heavy atom. The van der Waals surface area contributed by atoms with Crippen LogP contribution >= 0.6 is 0 Å². The molecule has 0 amide bonds. The standard InChI is InChI=1S/C50H33N5/c1-2-9-34(10-3-1)39-11-8-12-40(29-39)42-30-41(31-43(32-42)55-48-15-6-4-13-44(48)45-14-5-7-16-49(45)55)35-17-19-36(20-18-35)46-33-47(37-21-25-51-26-22-37)54-50(53-46)38-23-27-52-28-24-38/h1-33H. The first kappa shape index (κ1) is 32.2. The van der Waals surface area contributed by atoms with Gasteiger partial charge in [-0.15, -0.1) is 0 Å². The summed E-state index contributed by atoms with van der Waals surface area (Å²) in [5, 5.41) is 2.48. The van der Waals surface area contributed by atoms with Crippen LogP contribution in [-0.4, -0.2) is 24.5 Å². The fraction of sp³-hybridized carbons (Fsp3) is 0. The second kappa shape index (κ2) is 13.8. The maximum absolute atomic E-state index is 5.04. The number of fused-ring (bicyclic) bond motifs is 3. The molecular formula is C50H33N5. The Labute approximate surface area is 318 Å². The van der Waals surface area contributed by atoms with Gasteiger partial charge in [-0.3, -0.25) is 9.97 Å². The molecule has 0 radical (unpaired) electrons. The van der Waals surface area contributed by atoms with Crippen LogP contribution in [0, 0.1) is 0 Å². The highest BCUT2D eigenvalue weighted by Gasteiger charge is 2.16. The molecule has 6 aromatic carbocycles. The molecule has 258 valence electrons. The van der Waals surface area contributed by atoms with E-state index < -0.39 is 0 Å². The number of para-hydroxylation sites is 2. The highest BCUT2D eigenvalue weighted by Crippen LogP contribution is 2.37. The number of nitrogens with zero attached hydrogens (tertiary/aromatic N) is 5. The minimum Gasteiger partial charge on any atom is -0.309 e. The van der Waals surface area contributed by atoms with Crippen LogP contribution in [0.2, 0.25) is 0 Å². The Morgan fingerprint density at radius 2 is 0.764 bits per heavy atom. The molecule has 0 N–H and O–H groups in total. The Morgan fingerprint density at radius 3 is 1.40 bits per heavy atom. The van der Waals surface area contributed by atoms with Crippen molar-refractivity contribution in [3.8, 4) is 73.0 Å². The Hall–Kier alpha value is -7.50. The van der Waals surface area contributed by atoms with E-state index in [1.165, 1.54) is 32.9 Å². The van der Waals surface area contributed by atoms with Gasteiger partial charge in [-0.1, -0.05) is 109 Å². The molecule has 10 aromatic rings. The summed E-state index contributed by atoms with van der Waals surface area (Å²) in [5.41, 5.74) is 15.0. The van der Waals surface area contributed by atoms with E-state index in [0.717, 1.165) is 56.0 Å². The van der Waals surface area contributed by atoms with E-state index in [-0.39, 0.29) is 0 Å². The van der Waals surface area contributed by atoms with Gasteiger partial charge in [0.1, 0.15) is 0 Å². The van der Waals surface area contributed by atoms with Crippen LogP contribution in [0.4, 0.5) is 0 Å². The van der Waals surface area contributed by atoms with Gasteiger partial charge in [0.25, 0.3) is 0 Å². The fourth-order valence-corrected chi connectivity index (χ4v) is 7.51. The van der Waals surface area contributed by atoms with Crippen LogP contribution < -0.4 is 0 Å². The number of hydrogen-bond acceptors (Lipinski definition) is 4. The summed E-state index contributed by atoms with van der Waals surface area (Å²) in [4.78, 5) is 18.4. The molecule has 0 aliphatic rings. The minimum atomic E-state index is 0.650. The number of hydrogen-bond donors (Lipinski definition) is 0. The lowest BCUT2D eigenvalue weighted by Crippen LogP contribution is -1.97. The quantitative estimate of drug-likeness (QED) is 0.166.